The Balaban J connectivity index is 1.77. The maximum Gasteiger partial charge on any atom is 0.357 e. The van der Waals surface area contributed by atoms with Crippen LogP contribution in [0.25, 0.3) is 0 Å². The number of rotatable bonds is 6. The molecule has 1 amide bonds. The third kappa shape index (κ3) is 3.84. The number of carbonyl (C=O) groups is 2. The predicted molar refractivity (Wildman–Crippen MR) is 95.1 cm³/mol. The molecule has 7 heteroatoms. The molecule has 1 saturated carbocycles. The fraction of sp³-hybridized carbons (Fsp3) is 0.353. The SMILES string of the molecule is CCOC(=O)c1csc(CN(C(=O)c2ccccc2Br)C2CC2)n1. The normalized spacial score (nSPS) is 13.6. The van der Waals surface area contributed by atoms with Crippen molar-refractivity contribution >= 4 is 39.1 Å². The maximum atomic E-state index is 12.9. The number of amides is 1. The first-order chi connectivity index (χ1) is 11.6. The number of thiazole rings is 1. The summed E-state index contributed by atoms with van der Waals surface area (Å²) in [7, 11) is 0. The molecule has 0 N–H and O–H groups in total. The van der Waals surface area contributed by atoms with E-state index in [1.807, 2.05) is 29.2 Å². The zero-order chi connectivity index (χ0) is 17.1. The van der Waals surface area contributed by atoms with Crippen molar-refractivity contribution < 1.29 is 14.3 Å². The molecular weight excluding hydrogens is 392 g/mol. The van der Waals surface area contributed by atoms with Crippen molar-refractivity contribution in [1.82, 2.24) is 9.88 Å². The largest absolute Gasteiger partial charge is 0.461 e. The molecule has 0 bridgehead atoms. The maximum absolute atomic E-state index is 12.9. The fourth-order valence-electron chi connectivity index (χ4n) is 2.37. The summed E-state index contributed by atoms with van der Waals surface area (Å²) >= 11 is 4.82. The number of halogens is 1. The lowest BCUT2D eigenvalue weighted by Gasteiger charge is -2.22. The van der Waals surface area contributed by atoms with Crippen molar-refractivity contribution in [2.45, 2.75) is 32.4 Å². The number of esters is 1. The van der Waals surface area contributed by atoms with Crippen molar-refractivity contribution in [2.24, 2.45) is 0 Å². The molecule has 0 spiro atoms. The summed E-state index contributed by atoms with van der Waals surface area (Å²) < 4.78 is 5.74. The van der Waals surface area contributed by atoms with Gasteiger partial charge >= 0.3 is 5.97 Å². The summed E-state index contributed by atoms with van der Waals surface area (Å²) in [5, 5.41) is 2.42. The van der Waals surface area contributed by atoms with Gasteiger partial charge in [0.2, 0.25) is 0 Å². The first-order valence-electron chi connectivity index (χ1n) is 7.77. The predicted octanol–water partition coefficient (Wildman–Crippen LogP) is 3.89. The summed E-state index contributed by atoms with van der Waals surface area (Å²) in [4.78, 5) is 30.8. The quantitative estimate of drug-likeness (QED) is 0.680. The van der Waals surface area contributed by atoms with Gasteiger partial charge in [-0.25, -0.2) is 9.78 Å². The van der Waals surface area contributed by atoms with Gasteiger partial charge in [0.15, 0.2) is 5.69 Å². The van der Waals surface area contributed by atoms with E-state index in [0.29, 0.717) is 24.4 Å². The Morgan fingerprint density at radius 3 is 2.79 bits per heavy atom. The zero-order valence-corrected chi connectivity index (χ0v) is 15.6. The molecule has 0 atom stereocenters. The van der Waals surface area contributed by atoms with Crippen LogP contribution in [0.2, 0.25) is 0 Å². The van der Waals surface area contributed by atoms with Crippen LogP contribution in [-0.2, 0) is 11.3 Å². The van der Waals surface area contributed by atoms with Crippen LogP contribution in [0.15, 0.2) is 34.1 Å². The van der Waals surface area contributed by atoms with Crippen LogP contribution >= 0.6 is 27.3 Å². The van der Waals surface area contributed by atoms with Crippen LogP contribution in [0, 0.1) is 0 Å². The fourth-order valence-corrected chi connectivity index (χ4v) is 3.59. The molecule has 126 valence electrons. The molecule has 3 rings (SSSR count). The van der Waals surface area contributed by atoms with Gasteiger partial charge in [-0.1, -0.05) is 12.1 Å². The Hall–Kier alpha value is -1.73. The highest BCUT2D eigenvalue weighted by atomic mass is 79.9. The lowest BCUT2D eigenvalue weighted by Crippen LogP contribution is -2.32. The van der Waals surface area contributed by atoms with Crippen LogP contribution in [0.1, 0.15) is 45.6 Å². The van der Waals surface area contributed by atoms with Crippen molar-refractivity contribution in [1.29, 1.82) is 0 Å². The van der Waals surface area contributed by atoms with Gasteiger partial charge in [-0.3, -0.25) is 4.79 Å². The van der Waals surface area contributed by atoms with Crippen LogP contribution in [0.4, 0.5) is 0 Å². The van der Waals surface area contributed by atoms with E-state index >= 15 is 0 Å². The van der Waals surface area contributed by atoms with E-state index in [2.05, 4.69) is 20.9 Å². The van der Waals surface area contributed by atoms with E-state index in [1.165, 1.54) is 11.3 Å². The van der Waals surface area contributed by atoms with E-state index in [1.54, 1.807) is 12.3 Å². The monoisotopic (exact) mass is 408 g/mol. The molecule has 0 unspecified atom stereocenters. The van der Waals surface area contributed by atoms with Gasteiger partial charge in [-0.05, 0) is 47.8 Å². The van der Waals surface area contributed by atoms with Gasteiger partial charge in [0.25, 0.3) is 5.91 Å². The van der Waals surface area contributed by atoms with Crippen molar-refractivity contribution in [3.05, 3.63) is 50.4 Å². The second kappa shape index (κ2) is 7.44. The Kier molecular flexibility index (Phi) is 5.30. The first-order valence-corrected chi connectivity index (χ1v) is 9.44. The summed E-state index contributed by atoms with van der Waals surface area (Å²) in [6.07, 6.45) is 2.01. The first kappa shape index (κ1) is 17.1. The second-order valence-electron chi connectivity index (χ2n) is 5.49. The molecule has 2 aromatic rings. The Labute approximate surface area is 152 Å². The lowest BCUT2D eigenvalue weighted by atomic mass is 10.2. The molecule has 1 aromatic carbocycles. The average Bonchev–Trinajstić information content (AvgIpc) is 3.30. The molecule has 0 radical (unpaired) electrons. The summed E-state index contributed by atoms with van der Waals surface area (Å²) in [5.74, 6) is -0.437. The van der Waals surface area contributed by atoms with Gasteiger partial charge in [-0.15, -0.1) is 11.3 Å². The minimum atomic E-state index is -0.421. The van der Waals surface area contributed by atoms with Crippen molar-refractivity contribution in [2.75, 3.05) is 6.61 Å². The third-order valence-electron chi connectivity index (χ3n) is 3.69. The summed E-state index contributed by atoms with van der Waals surface area (Å²) in [6, 6.07) is 7.66. The molecule has 0 saturated heterocycles. The summed E-state index contributed by atoms with van der Waals surface area (Å²) in [5.41, 5.74) is 0.951. The second-order valence-corrected chi connectivity index (χ2v) is 7.29. The number of hydrogen-bond acceptors (Lipinski definition) is 5. The third-order valence-corrected chi connectivity index (χ3v) is 5.22. The van der Waals surface area contributed by atoms with Crippen molar-refractivity contribution in [3.63, 3.8) is 0 Å². The minimum absolute atomic E-state index is 0.0159. The standard InChI is InChI=1S/C17H17BrN2O3S/c1-2-23-17(22)14-10-24-15(19-14)9-20(11-7-8-11)16(21)12-5-3-4-6-13(12)18/h3-6,10-11H,2,7-9H2,1H3. The molecule has 1 fully saturated rings. The van der Waals surface area contributed by atoms with Crippen LogP contribution in [-0.4, -0.2) is 34.4 Å². The molecule has 0 aliphatic heterocycles. The average molecular weight is 409 g/mol. The lowest BCUT2D eigenvalue weighted by molar-refractivity contribution is 0.0520. The van der Waals surface area contributed by atoms with E-state index in [9.17, 15) is 9.59 Å². The smallest absolute Gasteiger partial charge is 0.357 e. The molecule has 24 heavy (non-hydrogen) atoms. The molecule has 1 heterocycles. The van der Waals surface area contributed by atoms with E-state index < -0.39 is 5.97 Å². The van der Waals surface area contributed by atoms with Gasteiger partial charge in [0.1, 0.15) is 5.01 Å². The zero-order valence-electron chi connectivity index (χ0n) is 13.2. The minimum Gasteiger partial charge on any atom is -0.461 e. The number of hydrogen-bond donors (Lipinski definition) is 0. The number of carbonyl (C=O) groups excluding carboxylic acids is 2. The van der Waals surface area contributed by atoms with E-state index in [-0.39, 0.29) is 11.9 Å². The molecule has 1 aromatic heterocycles. The molecule has 1 aliphatic carbocycles. The van der Waals surface area contributed by atoms with Gasteiger partial charge in [-0.2, -0.15) is 0 Å². The van der Waals surface area contributed by atoms with Crippen molar-refractivity contribution in [3.8, 4) is 0 Å². The Morgan fingerprint density at radius 1 is 1.38 bits per heavy atom. The molecular formula is C17H17BrN2O3S. The molecule has 5 nitrogen and oxygen atoms in total. The number of nitrogens with zero attached hydrogens (tertiary/aromatic N) is 2. The summed E-state index contributed by atoms with van der Waals surface area (Å²) in [6.45, 7) is 2.49. The van der Waals surface area contributed by atoms with Gasteiger partial charge in [0.05, 0.1) is 18.7 Å². The highest BCUT2D eigenvalue weighted by Gasteiger charge is 2.34. The number of benzene rings is 1. The van der Waals surface area contributed by atoms with Crippen LogP contribution in [0.5, 0.6) is 0 Å². The topological polar surface area (TPSA) is 59.5 Å². The van der Waals surface area contributed by atoms with Gasteiger partial charge in [0, 0.05) is 15.9 Å². The number of ether oxygens (including phenoxy) is 1. The Morgan fingerprint density at radius 2 is 2.12 bits per heavy atom. The van der Waals surface area contributed by atoms with E-state index in [0.717, 1.165) is 22.3 Å². The number of aromatic nitrogens is 1. The highest BCUT2D eigenvalue weighted by molar-refractivity contribution is 9.10. The van der Waals surface area contributed by atoms with E-state index in [4.69, 9.17) is 4.74 Å². The Bertz CT molecular complexity index is 758. The highest BCUT2D eigenvalue weighted by Crippen LogP contribution is 2.31. The van der Waals surface area contributed by atoms with Gasteiger partial charge < -0.3 is 9.64 Å². The van der Waals surface area contributed by atoms with Crippen LogP contribution in [0.3, 0.4) is 0 Å². The van der Waals surface area contributed by atoms with Crippen LogP contribution < -0.4 is 0 Å². The molecule has 1 aliphatic rings.